The first-order valence-corrected chi connectivity index (χ1v) is 9.46. The molecule has 0 saturated heterocycles. The lowest BCUT2D eigenvalue weighted by Gasteiger charge is -2.04. The molecule has 3 aromatic rings. The van der Waals surface area contributed by atoms with Crippen molar-refractivity contribution in [3.8, 4) is 5.69 Å². The molecule has 0 bridgehead atoms. The number of rotatable bonds is 3. The third kappa shape index (κ3) is 2.78. The van der Waals surface area contributed by atoms with Crippen molar-refractivity contribution in [2.45, 2.75) is 6.54 Å². The van der Waals surface area contributed by atoms with Crippen LogP contribution in [0.25, 0.3) is 16.7 Å². The van der Waals surface area contributed by atoms with Gasteiger partial charge >= 0.3 is 5.56 Å². The van der Waals surface area contributed by atoms with E-state index in [-0.39, 0.29) is 22.9 Å². The molecule has 146 valence electrons. The van der Waals surface area contributed by atoms with Crippen molar-refractivity contribution >= 4 is 11.0 Å². The van der Waals surface area contributed by atoms with Crippen molar-refractivity contribution in [1.82, 2.24) is 9.13 Å². The number of hydrogen-bond donors (Lipinski definition) is 0. The molecule has 0 radical (unpaired) electrons. The van der Waals surface area contributed by atoms with Gasteiger partial charge in [-0.1, -0.05) is 60.7 Å². The number of aromatic nitrogens is 2. The van der Waals surface area contributed by atoms with Gasteiger partial charge in [-0.3, -0.25) is 19.0 Å². The van der Waals surface area contributed by atoms with Gasteiger partial charge in [-0.25, -0.2) is 4.57 Å². The quantitative estimate of drug-likeness (QED) is 0.470. The molecular formula is C24H16N2O4. The summed E-state index contributed by atoms with van der Waals surface area (Å²) >= 11 is 0. The molecule has 6 heteroatoms. The van der Waals surface area contributed by atoms with Crippen LogP contribution in [-0.4, -0.2) is 9.13 Å². The summed E-state index contributed by atoms with van der Waals surface area (Å²) in [4.78, 5) is 40.0. The molecule has 5 rings (SSSR count). The number of benzene rings is 3. The molecule has 6 nitrogen and oxygen atoms in total. The van der Waals surface area contributed by atoms with Gasteiger partial charge in [0.2, 0.25) is 5.42 Å². The molecule has 0 fully saturated rings. The van der Waals surface area contributed by atoms with E-state index in [9.17, 15) is 14.4 Å². The van der Waals surface area contributed by atoms with Gasteiger partial charge in [-0.15, -0.1) is 0 Å². The average molecular weight is 396 g/mol. The van der Waals surface area contributed by atoms with Crippen LogP contribution in [0.2, 0.25) is 0 Å². The molecular weight excluding hydrogens is 380 g/mol. The highest BCUT2D eigenvalue weighted by atomic mass is 16.3. The molecule has 30 heavy (non-hydrogen) atoms. The monoisotopic (exact) mass is 396 g/mol. The molecule has 0 unspecified atom stereocenters. The first kappa shape index (κ1) is 17.9. The molecule has 0 saturated carbocycles. The van der Waals surface area contributed by atoms with Crippen LogP contribution in [0.3, 0.4) is 0 Å². The number of para-hydroxylation sites is 2. The van der Waals surface area contributed by atoms with E-state index in [1.165, 1.54) is 4.57 Å². The zero-order valence-corrected chi connectivity index (χ0v) is 15.8. The van der Waals surface area contributed by atoms with Crippen molar-refractivity contribution in [3.63, 3.8) is 0 Å². The maximum absolute atomic E-state index is 13.4. The fourth-order valence-electron chi connectivity index (χ4n) is 3.65. The molecule has 0 aliphatic carbocycles. The fraction of sp³-hybridized carbons (Fsp3) is 0.0417. The van der Waals surface area contributed by atoms with Crippen LogP contribution in [0.4, 0.5) is 0 Å². The lowest BCUT2D eigenvalue weighted by atomic mass is 10.2. The first-order valence-electron chi connectivity index (χ1n) is 9.46. The predicted molar refractivity (Wildman–Crippen MR) is 113 cm³/mol. The van der Waals surface area contributed by atoms with Gasteiger partial charge in [0.15, 0.2) is 5.35 Å². The van der Waals surface area contributed by atoms with E-state index in [0.29, 0.717) is 11.1 Å². The zero-order valence-electron chi connectivity index (χ0n) is 15.8. The van der Waals surface area contributed by atoms with Crippen LogP contribution < -0.4 is 16.7 Å². The van der Waals surface area contributed by atoms with E-state index in [2.05, 4.69) is 0 Å². The second-order valence-electron chi connectivity index (χ2n) is 6.93. The minimum Gasteiger partial charge on any atom is -0.448 e. The molecule has 0 N–H and O–H groups in total. The highest BCUT2D eigenvalue weighted by Gasteiger charge is 2.18. The highest BCUT2D eigenvalue weighted by molar-refractivity contribution is 5.74. The van der Waals surface area contributed by atoms with Crippen molar-refractivity contribution in [2.24, 2.45) is 0 Å². The normalized spacial score (nSPS) is 11.2. The van der Waals surface area contributed by atoms with Gasteiger partial charge in [-0.2, -0.15) is 0 Å². The van der Waals surface area contributed by atoms with E-state index < -0.39 is 16.7 Å². The molecule has 2 aliphatic heterocycles. The lowest BCUT2D eigenvalue weighted by molar-refractivity contribution is 0.557. The predicted octanol–water partition coefficient (Wildman–Crippen LogP) is 2.88. The van der Waals surface area contributed by atoms with Crippen molar-refractivity contribution in [1.29, 1.82) is 0 Å². The molecule has 0 atom stereocenters. The highest BCUT2D eigenvalue weighted by Crippen LogP contribution is 2.11. The van der Waals surface area contributed by atoms with Gasteiger partial charge < -0.3 is 4.42 Å². The van der Waals surface area contributed by atoms with Gasteiger partial charge in [0, 0.05) is 0 Å². The molecule has 3 aromatic carbocycles. The van der Waals surface area contributed by atoms with E-state index in [1.54, 1.807) is 54.6 Å². The van der Waals surface area contributed by atoms with E-state index in [4.69, 9.17) is 4.42 Å². The summed E-state index contributed by atoms with van der Waals surface area (Å²) in [5.74, 6) is 0. The maximum Gasteiger partial charge on any atom is 0.303 e. The van der Waals surface area contributed by atoms with Crippen LogP contribution in [0, 0.1) is 10.8 Å². The summed E-state index contributed by atoms with van der Waals surface area (Å²) in [5, 5.41) is 0.253. The summed E-state index contributed by atoms with van der Waals surface area (Å²) in [6.07, 6.45) is 0. The minimum absolute atomic E-state index is 0.0473. The summed E-state index contributed by atoms with van der Waals surface area (Å²) in [5.41, 5.74) is -0.211. The smallest absolute Gasteiger partial charge is 0.303 e. The Kier molecular flexibility index (Phi) is 4.17. The Morgan fingerprint density at radius 1 is 0.667 bits per heavy atom. The van der Waals surface area contributed by atoms with Crippen molar-refractivity contribution < 1.29 is 4.42 Å². The van der Waals surface area contributed by atoms with Crippen molar-refractivity contribution in [3.05, 3.63) is 132 Å². The Labute approximate surface area is 169 Å². The Morgan fingerprint density at radius 3 is 2.03 bits per heavy atom. The zero-order chi connectivity index (χ0) is 20.7. The Balaban J connectivity index is 1.98. The Bertz CT molecular complexity index is 1610. The number of fused-ring (bicyclic) bond motifs is 1. The van der Waals surface area contributed by atoms with Crippen LogP contribution >= 0.6 is 0 Å². The SMILES string of the molecule is O=c1c2ccccc2oc2c(=O)n(-c3ccccc3)c(=O)c=2n1Cc1ccccc1. The Hall–Kier alpha value is -4.19. The lowest BCUT2D eigenvalue weighted by Crippen LogP contribution is -2.28. The third-order valence-electron chi connectivity index (χ3n) is 5.06. The summed E-state index contributed by atoms with van der Waals surface area (Å²) < 4.78 is 8.24. The first-order chi connectivity index (χ1) is 14.6. The fourth-order valence-corrected chi connectivity index (χ4v) is 3.65. The summed E-state index contributed by atoms with van der Waals surface area (Å²) in [6.45, 7) is 0.137. The largest absolute Gasteiger partial charge is 0.448 e. The summed E-state index contributed by atoms with van der Waals surface area (Å²) in [7, 11) is 0. The molecule has 2 heterocycles. The van der Waals surface area contributed by atoms with Crippen LogP contribution in [0.1, 0.15) is 5.56 Å². The molecule has 0 spiro atoms. The van der Waals surface area contributed by atoms with Crippen LogP contribution in [-0.2, 0) is 6.54 Å². The third-order valence-corrected chi connectivity index (χ3v) is 5.06. The Morgan fingerprint density at radius 2 is 1.30 bits per heavy atom. The van der Waals surface area contributed by atoms with Gasteiger partial charge in [0.25, 0.3) is 11.1 Å². The second-order valence-corrected chi connectivity index (χ2v) is 6.93. The average Bonchev–Trinajstić information content (AvgIpc) is 2.94. The van der Waals surface area contributed by atoms with E-state index >= 15 is 0 Å². The number of nitrogens with zero attached hydrogens (tertiary/aromatic N) is 2. The molecule has 2 aliphatic rings. The van der Waals surface area contributed by atoms with Crippen LogP contribution in [0.5, 0.6) is 0 Å². The van der Waals surface area contributed by atoms with E-state index in [1.807, 2.05) is 30.3 Å². The molecule has 0 aromatic heterocycles. The van der Waals surface area contributed by atoms with E-state index in [0.717, 1.165) is 10.1 Å². The molecule has 0 amide bonds. The standard InChI is InChI=1S/C24H16N2O4/c27-22-18-13-7-8-14-19(18)30-21-20(25(22)15-16-9-3-1-4-10-16)23(28)26(24(21)29)17-11-5-2-6-12-17/h1-14H,15H2. The van der Waals surface area contributed by atoms with Gasteiger partial charge in [0.05, 0.1) is 17.6 Å². The van der Waals surface area contributed by atoms with Crippen molar-refractivity contribution in [2.75, 3.05) is 0 Å². The number of hydrogen-bond acceptors (Lipinski definition) is 4. The van der Waals surface area contributed by atoms with Gasteiger partial charge in [0.1, 0.15) is 5.58 Å². The second kappa shape index (κ2) is 7.00. The topological polar surface area (TPSA) is 74.2 Å². The van der Waals surface area contributed by atoms with Crippen LogP contribution in [0.15, 0.2) is 104 Å². The minimum atomic E-state index is -0.594. The van der Waals surface area contributed by atoms with Gasteiger partial charge in [-0.05, 0) is 29.8 Å². The summed E-state index contributed by atoms with van der Waals surface area (Å²) in [6, 6.07) is 24.6. The maximum atomic E-state index is 13.4.